The van der Waals surface area contributed by atoms with E-state index in [1.165, 1.54) is 4.57 Å². The Kier molecular flexibility index (Phi) is 5.01. The van der Waals surface area contributed by atoms with E-state index in [4.69, 9.17) is 4.74 Å². The second-order valence-corrected chi connectivity index (χ2v) is 6.18. The summed E-state index contributed by atoms with van der Waals surface area (Å²) in [6.07, 6.45) is 2.62. The number of rotatable bonds is 5. The fourth-order valence-electron chi connectivity index (χ4n) is 3.07. The van der Waals surface area contributed by atoms with Gasteiger partial charge in [-0.2, -0.15) is 0 Å². The van der Waals surface area contributed by atoms with Gasteiger partial charge in [0.2, 0.25) is 0 Å². The summed E-state index contributed by atoms with van der Waals surface area (Å²) in [5.41, 5.74) is 1.20. The van der Waals surface area contributed by atoms with E-state index >= 15 is 0 Å². The molecular formula is C17H24N4O3. The minimum absolute atomic E-state index is 0.0885. The number of carbonyl (C=O) groups excluding carboxylic acids is 1. The van der Waals surface area contributed by atoms with Crippen LogP contribution >= 0.6 is 0 Å². The van der Waals surface area contributed by atoms with E-state index in [0.717, 1.165) is 44.8 Å². The van der Waals surface area contributed by atoms with Crippen LogP contribution in [0.3, 0.4) is 0 Å². The SMILES string of the molecule is Cn1ccc2c(cc(C(=O)NCCCN3CCOCC3)n2C)c1=O. The monoisotopic (exact) mass is 332 g/mol. The fraction of sp³-hybridized carbons (Fsp3) is 0.529. The predicted molar refractivity (Wildman–Crippen MR) is 92.4 cm³/mol. The third-order valence-corrected chi connectivity index (χ3v) is 4.56. The van der Waals surface area contributed by atoms with Gasteiger partial charge >= 0.3 is 0 Å². The molecule has 0 saturated carbocycles. The maximum Gasteiger partial charge on any atom is 0.267 e. The van der Waals surface area contributed by atoms with Crippen molar-refractivity contribution in [2.24, 2.45) is 14.1 Å². The Morgan fingerprint density at radius 3 is 2.79 bits per heavy atom. The fourth-order valence-corrected chi connectivity index (χ4v) is 3.07. The number of hydrogen-bond donors (Lipinski definition) is 1. The summed E-state index contributed by atoms with van der Waals surface area (Å²) in [5.74, 6) is -0.141. The van der Waals surface area contributed by atoms with E-state index in [-0.39, 0.29) is 11.5 Å². The highest BCUT2D eigenvalue weighted by Gasteiger charge is 2.15. The predicted octanol–water partition coefficient (Wildman–Crippen LogP) is 0.329. The second kappa shape index (κ2) is 7.19. The summed E-state index contributed by atoms with van der Waals surface area (Å²) in [6, 6.07) is 3.53. The van der Waals surface area contributed by atoms with E-state index < -0.39 is 0 Å². The number of hydrogen-bond acceptors (Lipinski definition) is 4. The first-order chi connectivity index (χ1) is 11.6. The summed E-state index contributed by atoms with van der Waals surface area (Å²) in [5, 5.41) is 3.52. The number of fused-ring (bicyclic) bond motifs is 1. The van der Waals surface area contributed by atoms with Crippen molar-refractivity contribution < 1.29 is 9.53 Å². The number of carbonyl (C=O) groups is 1. The Bertz CT molecular complexity index is 787. The van der Waals surface area contributed by atoms with Crippen molar-refractivity contribution >= 4 is 16.8 Å². The Balaban J connectivity index is 1.60. The first kappa shape index (κ1) is 16.7. The van der Waals surface area contributed by atoms with Crippen LogP contribution in [-0.4, -0.2) is 59.3 Å². The van der Waals surface area contributed by atoms with E-state index in [9.17, 15) is 9.59 Å². The summed E-state index contributed by atoms with van der Waals surface area (Å²) in [7, 11) is 3.52. The maximum absolute atomic E-state index is 12.4. The van der Waals surface area contributed by atoms with Gasteiger partial charge in [0, 0.05) is 39.9 Å². The lowest BCUT2D eigenvalue weighted by Gasteiger charge is -2.26. The lowest BCUT2D eigenvalue weighted by Crippen LogP contribution is -2.38. The van der Waals surface area contributed by atoms with Crippen LogP contribution in [0, 0.1) is 0 Å². The molecule has 0 aliphatic carbocycles. The molecule has 130 valence electrons. The van der Waals surface area contributed by atoms with Crippen LogP contribution in [0.1, 0.15) is 16.9 Å². The van der Waals surface area contributed by atoms with Crippen molar-refractivity contribution in [2.75, 3.05) is 39.4 Å². The molecule has 3 heterocycles. The second-order valence-electron chi connectivity index (χ2n) is 6.18. The lowest BCUT2D eigenvalue weighted by molar-refractivity contribution is 0.0374. The molecule has 1 aliphatic rings. The number of aryl methyl sites for hydroxylation is 2. The van der Waals surface area contributed by atoms with Gasteiger partial charge in [-0.25, -0.2) is 0 Å². The van der Waals surface area contributed by atoms with E-state index in [0.29, 0.717) is 17.6 Å². The van der Waals surface area contributed by atoms with Gasteiger partial charge in [0.15, 0.2) is 0 Å². The molecule has 0 spiro atoms. The molecule has 7 heteroatoms. The smallest absolute Gasteiger partial charge is 0.267 e. The zero-order valence-corrected chi connectivity index (χ0v) is 14.2. The number of ether oxygens (including phenoxy) is 1. The van der Waals surface area contributed by atoms with Crippen molar-refractivity contribution in [3.8, 4) is 0 Å². The van der Waals surface area contributed by atoms with Crippen LogP contribution in [0.2, 0.25) is 0 Å². The summed E-state index contributed by atoms with van der Waals surface area (Å²) >= 11 is 0. The largest absolute Gasteiger partial charge is 0.379 e. The Morgan fingerprint density at radius 1 is 1.29 bits per heavy atom. The van der Waals surface area contributed by atoms with Gasteiger partial charge < -0.3 is 19.2 Å². The van der Waals surface area contributed by atoms with Gasteiger partial charge in [-0.15, -0.1) is 0 Å². The zero-order chi connectivity index (χ0) is 17.1. The van der Waals surface area contributed by atoms with Gasteiger partial charge in [0.05, 0.1) is 24.1 Å². The zero-order valence-electron chi connectivity index (χ0n) is 14.2. The summed E-state index contributed by atoms with van der Waals surface area (Å²) < 4.78 is 8.61. The highest BCUT2D eigenvalue weighted by molar-refractivity contribution is 5.98. The van der Waals surface area contributed by atoms with E-state index in [2.05, 4.69) is 10.2 Å². The molecule has 1 amide bonds. The number of nitrogens with one attached hydrogen (secondary N) is 1. The first-order valence-corrected chi connectivity index (χ1v) is 8.31. The lowest BCUT2D eigenvalue weighted by atomic mass is 10.3. The molecule has 3 rings (SSSR count). The van der Waals surface area contributed by atoms with Crippen molar-refractivity contribution in [2.45, 2.75) is 6.42 Å². The molecule has 1 fully saturated rings. The first-order valence-electron chi connectivity index (χ1n) is 8.31. The van der Waals surface area contributed by atoms with E-state index in [1.54, 1.807) is 23.9 Å². The quantitative estimate of drug-likeness (QED) is 0.801. The van der Waals surface area contributed by atoms with Gasteiger partial charge in [0.1, 0.15) is 5.69 Å². The number of nitrogens with zero attached hydrogens (tertiary/aromatic N) is 3. The van der Waals surface area contributed by atoms with Crippen molar-refractivity contribution in [1.82, 2.24) is 19.4 Å². The normalized spacial score (nSPS) is 15.8. The Labute approximate surface area is 140 Å². The van der Waals surface area contributed by atoms with E-state index in [1.807, 2.05) is 13.1 Å². The highest BCUT2D eigenvalue weighted by atomic mass is 16.5. The number of amides is 1. The molecule has 1 saturated heterocycles. The van der Waals surface area contributed by atoms with Crippen LogP contribution in [0.25, 0.3) is 10.9 Å². The molecule has 2 aromatic rings. The van der Waals surface area contributed by atoms with Crippen LogP contribution in [0.15, 0.2) is 23.1 Å². The molecule has 0 atom stereocenters. The molecule has 1 N–H and O–H groups in total. The van der Waals surface area contributed by atoms with Gasteiger partial charge in [-0.05, 0) is 25.1 Å². The molecule has 7 nitrogen and oxygen atoms in total. The molecule has 1 aliphatic heterocycles. The summed E-state index contributed by atoms with van der Waals surface area (Å²) in [6.45, 7) is 5.07. The third-order valence-electron chi connectivity index (χ3n) is 4.56. The van der Waals surface area contributed by atoms with Gasteiger partial charge in [0.25, 0.3) is 11.5 Å². The Morgan fingerprint density at radius 2 is 2.04 bits per heavy atom. The maximum atomic E-state index is 12.4. The summed E-state index contributed by atoms with van der Waals surface area (Å²) in [4.78, 5) is 26.9. The standard InChI is InChI=1S/C17H24N4O3/c1-19-7-4-14-13(17(19)23)12-15(20(14)2)16(22)18-5-3-6-21-8-10-24-11-9-21/h4,7,12H,3,5-6,8-11H2,1-2H3,(H,18,22). The van der Waals surface area contributed by atoms with Crippen molar-refractivity contribution in [3.05, 3.63) is 34.4 Å². The van der Waals surface area contributed by atoms with Gasteiger partial charge in [-0.3, -0.25) is 14.5 Å². The molecular weight excluding hydrogens is 308 g/mol. The van der Waals surface area contributed by atoms with Crippen LogP contribution in [0.5, 0.6) is 0 Å². The number of morpholine rings is 1. The molecule has 24 heavy (non-hydrogen) atoms. The topological polar surface area (TPSA) is 68.5 Å². The van der Waals surface area contributed by atoms with Crippen LogP contribution < -0.4 is 10.9 Å². The van der Waals surface area contributed by atoms with Crippen LogP contribution in [0.4, 0.5) is 0 Å². The average Bonchev–Trinajstić information content (AvgIpc) is 2.93. The minimum Gasteiger partial charge on any atom is -0.379 e. The van der Waals surface area contributed by atoms with Crippen LogP contribution in [-0.2, 0) is 18.8 Å². The van der Waals surface area contributed by atoms with Gasteiger partial charge in [-0.1, -0.05) is 0 Å². The number of aromatic nitrogens is 2. The average molecular weight is 332 g/mol. The minimum atomic E-state index is -0.141. The molecule has 0 aromatic carbocycles. The van der Waals surface area contributed by atoms with Crippen molar-refractivity contribution in [1.29, 1.82) is 0 Å². The third kappa shape index (κ3) is 3.37. The molecule has 0 radical (unpaired) electrons. The Hall–Kier alpha value is -2.12. The molecule has 0 bridgehead atoms. The number of pyridine rings is 1. The molecule has 0 unspecified atom stereocenters. The van der Waals surface area contributed by atoms with Crippen molar-refractivity contribution in [3.63, 3.8) is 0 Å². The highest BCUT2D eigenvalue weighted by Crippen LogP contribution is 2.14. The molecule has 2 aromatic heterocycles.